The molecule has 56 valence electrons. The minimum atomic E-state index is -3.99. The quantitative estimate of drug-likeness (QED) is 0.339. The second-order valence-electron chi connectivity index (χ2n) is 2.24. The average molecular weight is 158 g/mol. The summed E-state index contributed by atoms with van der Waals surface area (Å²) in [5.74, 6) is -0.240. The Kier molecular flexibility index (Phi) is 6.82. The van der Waals surface area contributed by atoms with Crippen molar-refractivity contribution < 1.29 is 31.8 Å². The van der Waals surface area contributed by atoms with Gasteiger partial charge in [0, 0.05) is 5.75 Å². The molecule has 0 aliphatic rings. The molecule has 0 aromatic carbocycles. The second kappa shape index (κ2) is 5.20. The maximum absolute atomic E-state index is 10.0. The van der Waals surface area contributed by atoms with Crippen LogP contribution in [0.4, 0.5) is 0 Å². The van der Waals surface area contributed by atoms with Crippen LogP contribution in [0.3, 0.4) is 0 Å². The summed E-state index contributed by atoms with van der Waals surface area (Å²) >= 11 is 0. The molecule has 0 aliphatic carbocycles. The maximum Gasteiger partial charge on any atom is 1.00 e. The minimum Gasteiger partial charge on any atom is -0.748 e. The molecule has 0 aromatic heterocycles. The van der Waals surface area contributed by atoms with E-state index in [4.69, 9.17) is 0 Å². The minimum absolute atomic E-state index is 0. The van der Waals surface area contributed by atoms with E-state index in [1.165, 1.54) is 0 Å². The zero-order valence-electron chi connectivity index (χ0n) is 6.62. The Balaban J connectivity index is 0. The molecule has 0 radical (unpaired) electrons. The van der Waals surface area contributed by atoms with Crippen molar-refractivity contribution in [3.63, 3.8) is 0 Å². The molecular formula is C5H11LiO3S. The van der Waals surface area contributed by atoms with Crippen LogP contribution < -0.4 is 18.9 Å². The summed E-state index contributed by atoms with van der Waals surface area (Å²) in [4.78, 5) is 0. The van der Waals surface area contributed by atoms with Crippen LogP contribution in [0.1, 0.15) is 20.3 Å². The Hall–Kier alpha value is 0.507. The number of rotatable bonds is 3. The maximum atomic E-state index is 10.0. The van der Waals surface area contributed by atoms with Crippen LogP contribution in [0.25, 0.3) is 0 Å². The number of hydrogen-bond donors (Lipinski definition) is 0. The van der Waals surface area contributed by atoms with Crippen molar-refractivity contribution in [3.8, 4) is 0 Å². The van der Waals surface area contributed by atoms with E-state index in [1.807, 2.05) is 6.92 Å². The first-order valence-corrected chi connectivity index (χ1v) is 4.47. The largest absolute Gasteiger partial charge is 1.00 e. The Labute approximate surface area is 74.1 Å². The fourth-order valence-electron chi connectivity index (χ4n) is 0.466. The van der Waals surface area contributed by atoms with E-state index in [0.29, 0.717) is 0 Å². The molecule has 0 saturated heterocycles. The fourth-order valence-corrected chi connectivity index (χ4v) is 1.40. The third kappa shape index (κ3) is 8.51. The number of hydrogen-bond acceptors (Lipinski definition) is 3. The van der Waals surface area contributed by atoms with Gasteiger partial charge in [-0.2, -0.15) is 0 Å². The SMILES string of the molecule is CCC(C)CS(=O)(=O)[O-].[Li+]. The van der Waals surface area contributed by atoms with Gasteiger partial charge < -0.3 is 4.55 Å². The fraction of sp³-hybridized carbons (Fsp3) is 1.00. The summed E-state index contributed by atoms with van der Waals surface area (Å²) < 4.78 is 30.1. The Morgan fingerprint density at radius 3 is 2.00 bits per heavy atom. The summed E-state index contributed by atoms with van der Waals surface area (Å²) in [7, 11) is -3.99. The van der Waals surface area contributed by atoms with Crippen LogP contribution >= 0.6 is 0 Å². The van der Waals surface area contributed by atoms with Gasteiger partial charge in [0.25, 0.3) is 0 Å². The summed E-state index contributed by atoms with van der Waals surface area (Å²) in [6.07, 6.45) is 0.738. The van der Waals surface area contributed by atoms with Gasteiger partial charge in [0.05, 0.1) is 10.1 Å². The molecule has 0 bridgehead atoms. The van der Waals surface area contributed by atoms with Gasteiger partial charge in [-0.3, -0.25) is 0 Å². The standard InChI is InChI=1S/C5H12O3S.Li/c1-3-5(2)4-9(6,7)8;/h5H,3-4H2,1-2H3,(H,6,7,8);/q;+1/p-1. The normalized spacial score (nSPS) is 13.9. The van der Waals surface area contributed by atoms with E-state index < -0.39 is 10.1 Å². The molecular weight excluding hydrogens is 147 g/mol. The van der Waals surface area contributed by atoms with Crippen molar-refractivity contribution in [2.45, 2.75) is 20.3 Å². The van der Waals surface area contributed by atoms with Gasteiger partial charge in [-0.25, -0.2) is 8.42 Å². The molecule has 0 fully saturated rings. The van der Waals surface area contributed by atoms with Gasteiger partial charge in [-0.15, -0.1) is 0 Å². The van der Waals surface area contributed by atoms with Gasteiger partial charge in [-0.1, -0.05) is 20.3 Å². The van der Waals surface area contributed by atoms with Crippen molar-refractivity contribution in [1.29, 1.82) is 0 Å². The first-order chi connectivity index (χ1) is 3.95. The summed E-state index contributed by atoms with van der Waals surface area (Å²) in [5, 5.41) is 0. The zero-order valence-corrected chi connectivity index (χ0v) is 7.44. The Bertz CT molecular complexity index is 164. The van der Waals surface area contributed by atoms with E-state index in [2.05, 4.69) is 0 Å². The molecule has 0 saturated carbocycles. The van der Waals surface area contributed by atoms with Gasteiger partial charge in [0.1, 0.15) is 0 Å². The topological polar surface area (TPSA) is 57.2 Å². The molecule has 0 aliphatic heterocycles. The zero-order chi connectivity index (χ0) is 7.49. The molecule has 0 aromatic rings. The van der Waals surface area contributed by atoms with Crippen LogP contribution in [-0.4, -0.2) is 18.7 Å². The van der Waals surface area contributed by atoms with Crippen LogP contribution in [0, 0.1) is 5.92 Å². The van der Waals surface area contributed by atoms with Crippen LogP contribution in [-0.2, 0) is 10.1 Å². The van der Waals surface area contributed by atoms with Crippen LogP contribution in [0.2, 0.25) is 0 Å². The summed E-state index contributed by atoms with van der Waals surface area (Å²) in [6.45, 7) is 3.60. The molecule has 3 nitrogen and oxygen atoms in total. The van der Waals surface area contributed by atoms with Crippen molar-refractivity contribution in [2.75, 3.05) is 5.75 Å². The predicted molar refractivity (Wildman–Crippen MR) is 34.0 cm³/mol. The summed E-state index contributed by atoms with van der Waals surface area (Å²) in [5.41, 5.74) is 0. The molecule has 0 heterocycles. The third-order valence-electron chi connectivity index (χ3n) is 1.19. The van der Waals surface area contributed by atoms with Crippen molar-refractivity contribution >= 4 is 10.1 Å². The molecule has 0 spiro atoms. The Morgan fingerprint density at radius 2 is 1.90 bits per heavy atom. The average Bonchev–Trinajstić information content (AvgIpc) is 1.62. The molecule has 0 N–H and O–H groups in total. The Morgan fingerprint density at radius 1 is 1.50 bits per heavy atom. The van der Waals surface area contributed by atoms with E-state index >= 15 is 0 Å². The van der Waals surface area contributed by atoms with E-state index in [0.717, 1.165) is 6.42 Å². The molecule has 0 rings (SSSR count). The van der Waals surface area contributed by atoms with Crippen molar-refractivity contribution in [1.82, 2.24) is 0 Å². The van der Waals surface area contributed by atoms with Crippen molar-refractivity contribution in [3.05, 3.63) is 0 Å². The first kappa shape index (κ1) is 13.1. The second-order valence-corrected chi connectivity index (χ2v) is 3.69. The van der Waals surface area contributed by atoms with Crippen molar-refractivity contribution in [2.24, 2.45) is 5.92 Å². The van der Waals surface area contributed by atoms with Crippen LogP contribution in [0.5, 0.6) is 0 Å². The van der Waals surface area contributed by atoms with E-state index in [9.17, 15) is 13.0 Å². The predicted octanol–water partition coefficient (Wildman–Crippen LogP) is -2.42. The van der Waals surface area contributed by atoms with Gasteiger partial charge in [0.15, 0.2) is 0 Å². The first-order valence-electron chi connectivity index (χ1n) is 2.89. The molecule has 1 atom stereocenters. The van der Waals surface area contributed by atoms with Gasteiger partial charge in [0.2, 0.25) is 0 Å². The molecule has 5 heteroatoms. The molecule has 10 heavy (non-hydrogen) atoms. The summed E-state index contributed by atoms with van der Waals surface area (Å²) in [6, 6.07) is 0. The van der Waals surface area contributed by atoms with Gasteiger partial charge >= 0.3 is 18.9 Å². The third-order valence-corrected chi connectivity index (χ3v) is 2.16. The van der Waals surface area contributed by atoms with Crippen LogP contribution in [0.15, 0.2) is 0 Å². The van der Waals surface area contributed by atoms with Gasteiger partial charge in [-0.05, 0) is 5.92 Å². The molecule has 0 amide bonds. The smallest absolute Gasteiger partial charge is 0.748 e. The monoisotopic (exact) mass is 158 g/mol. The van der Waals surface area contributed by atoms with E-state index in [1.54, 1.807) is 6.92 Å². The molecule has 1 unspecified atom stereocenters. The van der Waals surface area contributed by atoms with E-state index in [-0.39, 0.29) is 30.5 Å².